The van der Waals surface area contributed by atoms with Crippen molar-refractivity contribution in [1.29, 1.82) is 0 Å². The van der Waals surface area contributed by atoms with E-state index in [0.29, 0.717) is 35.8 Å². The van der Waals surface area contributed by atoms with Gasteiger partial charge in [-0.05, 0) is 25.8 Å². The number of fused-ring (bicyclic) bond motifs is 1. The molecule has 0 atom stereocenters. The average Bonchev–Trinajstić information content (AvgIpc) is 2.89. The molecule has 144 valence electrons. The van der Waals surface area contributed by atoms with E-state index in [9.17, 15) is 18.0 Å². The lowest BCUT2D eigenvalue weighted by atomic mass is 10.0. The van der Waals surface area contributed by atoms with E-state index >= 15 is 0 Å². The molecule has 1 aliphatic rings. The minimum atomic E-state index is -4.62. The third-order valence-electron chi connectivity index (χ3n) is 4.36. The van der Waals surface area contributed by atoms with Crippen LogP contribution in [0.1, 0.15) is 29.2 Å². The fraction of sp³-hybridized carbons (Fsp3) is 0.600. The molecule has 1 fully saturated rings. The Labute approximate surface area is 154 Å². The van der Waals surface area contributed by atoms with Gasteiger partial charge in [0.25, 0.3) is 11.6 Å². The van der Waals surface area contributed by atoms with Crippen LogP contribution in [0, 0.1) is 19.8 Å². The molecule has 26 heavy (non-hydrogen) atoms. The lowest BCUT2D eigenvalue weighted by Crippen LogP contribution is -2.48. The maximum absolute atomic E-state index is 12.8. The molecule has 0 radical (unpaired) electrons. The molecule has 2 aromatic rings. The summed E-state index contributed by atoms with van der Waals surface area (Å²) in [6.45, 7) is 5.81. The Morgan fingerprint density at radius 1 is 1.31 bits per heavy atom. The van der Waals surface area contributed by atoms with Gasteiger partial charge < -0.3 is 10.6 Å². The average molecular weight is 393 g/mol. The van der Waals surface area contributed by atoms with Crippen LogP contribution in [0.15, 0.2) is 0 Å². The van der Waals surface area contributed by atoms with Crippen molar-refractivity contribution >= 4 is 24.1 Å². The van der Waals surface area contributed by atoms with Crippen molar-refractivity contribution in [2.75, 3.05) is 19.6 Å². The standard InChI is InChI=1S/C15H19F3N6O.ClH/c1-8-11(3-4-12(25)20-7-10-5-19-6-10)9(2)24-14(21-8)22-13(23-24)15(16,17)18;/h10,19H,3-7H2,1-2H3,(H,20,25);1H. The summed E-state index contributed by atoms with van der Waals surface area (Å²) in [6, 6.07) is 0. The molecular formula is C15H20ClF3N6O. The number of nitrogens with one attached hydrogen (secondary N) is 2. The molecule has 0 aliphatic carbocycles. The number of hydrogen-bond acceptors (Lipinski definition) is 5. The largest absolute Gasteiger partial charge is 0.453 e. The van der Waals surface area contributed by atoms with Gasteiger partial charge >= 0.3 is 6.18 Å². The summed E-state index contributed by atoms with van der Waals surface area (Å²) in [6.07, 6.45) is -3.99. The first-order chi connectivity index (χ1) is 11.8. The summed E-state index contributed by atoms with van der Waals surface area (Å²) >= 11 is 0. The zero-order valence-electron chi connectivity index (χ0n) is 14.4. The number of carbonyl (C=O) groups excluding carboxylic acids is 1. The van der Waals surface area contributed by atoms with Crippen LogP contribution >= 0.6 is 12.4 Å². The van der Waals surface area contributed by atoms with E-state index in [1.54, 1.807) is 13.8 Å². The van der Waals surface area contributed by atoms with Crippen molar-refractivity contribution in [3.05, 3.63) is 22.8 Å². The predicted octanol–water partition coefficient (Wildman–Crippen LogP) is 1.45. The second kappa shape index (κ2) is 7.75. The fourth-order valence-corrected chi connectivity index (χ4v) is 2.77. The van der Waals surface area contributed by atoms with Gasteiger partial charge in [0.15, 0.2) is 0 Å². The molecule has 0 unspecified atom stereocenters. The van der Waals surface area contributed by atoms with Gasteiger partial charge in [0, 0.05) is 43.4 Å². The number of hydrogen-bond donors (Lipinski definition) is 2. The van der Waals surface area contributed by atoms with Crippen LogP contribution in [0.3, 0.4) is 0 Å². The van der Waals surface area contributed by atoms with Gasteiger partial charge in [0.2, 0.25) is 5.91 Å². The number of amides is 1. The summed E-state index contributed by atoms with van der Waals surface area (Å²) in [5, 5.41) is 9.51. The zero-order valence-corrected chi connectivity index (χ0v) is 15.2. The first kappa shape index (κ1) is 20.4. The molecule has 0 saturated carbocycles. The lowest BCUT2D eigenvalue weighted by Gasteiger charge is -2.27. The second-order valence-corrected chi connectivity index (χ2v) is 6.23. The topological polar surface area (TPSA) is 84.2 Å². The van der Waals surface area contributed by atoms with Crippen molar-refractivity contribution in [3.8, 4) is 0 Å². The smallest absolute Gasteiger partial charge is 0.356 e. The maximum atomic E-state index is 12.8. The van der Waals surface area contributed by atoms with Crippen LogP contribution in [0.2, 0.25) is 0 Å². The Bertz CT molecular complexity index is 803. The quantitative estimate of drug-likeness (QED) is 0.804. The van der Waals surface area contributed by atoms with E-state index in [-0.39, 0.29) is 30.5 Å². The van der Waals surface area contributed by atoms with Crippen LogP contribution in [0.25, 0.3) is 5.78 Å². The molecule has 0 aromatic carbocycles. The van der Waals surface area contributed by atoms with E-state index in [4.69, 9.17) is 0 Å². The molecule has 2 N–H and O–H groups in total. The van der Waals surface area contributed by atoms with Crippen molar-refractivity contribution in [3.63, 3.8) is 0 Å². The predicted molar refractivity (Wildman–Crippen MR) is 90.2 cm³/mol. The highest BCUT2D eigenvalue weighted by Gasteiger charge is 2.37. The van der Waals surface area contributed by atoms with Crippen molar-refractivity contribution in [2.45, 2.75) is 32.9 Å². The van der Waals surface area contributed by atoms with E-state index in [1.807, 2.05) is 0 Å². The normalized spacial score (nSPS) is 14.8. The van der Waals surface area contributed by atoms with E-state index in [0.717, 1.165) is 17.6 Å². The van der Waals surface area contributed by atoms with Gasteiger partial charge in [0.1, 0.15) is 0 Å². The molecule has 1 saturated heterocycles. The number of carbonyl (C=O) groups is 1. The number of alkyl halides is 3. The van der Waals surface area contributed by atoms with Crippen molar-refractivity contribution in [2.24, 2.45) is 5.92 Å². The Morgan fingerprint density at radius 2 is 2.00 bits per heavy atom. The van der Waals surface area contributed by atoms with E-state index in [1.165, 1.54) is 0 Å². The third kappa shape index (κ3) is 4.24. The summed E-state index contributed by atoms with van der Waals surface area (Å²) in [5.74, 6) is -0.916. The van der Waals surface area contributed by atoms with Crippen LogP contribution in [-0.4, -0.2) is 45.1 Å². The van der Waals surface area contributed by atoms with Crippen LogP contribution in [0.4, 0.5) is 13.2 Å². The van der Waals surface area contributed by atoms with Gasteiger partial charge in [-0.3, -0.25) is 4.79 Å². The molecule has 0 bridgehead atoms. The van der Waals surface area contributed by atoms with Gasteiger partial charge in [-0.15, -0.1) is 17.5 Å². The first-order valence-corrected chi connectivity index (χ1v) is 8.03. The zero-order chi connectivity index (χ0) is 18.2. The minimum Gasteiger partial charge on any atom is -0.356 e. The van der Waals surface area contributed by atoms with Crippen molar-refractivity contribution in [1.82, 2.24) is 30.2 Å². The van der Waals surface area contributed by atoms with Crippen molar-refractivity contribution < 1.29 is 18.0 Å². The van der Waals surface area contributed by atoms with Crippen LogP contribution in [-0.2, 0) is 17.4 Å². The summed E-state index contributed by atoms with van der Waals surface area (Å²) in [5.41, 5.74) is 1.79. The highest BCUT2D eigenvalue weighted by atomic mass is 35.5. The Kier molecular flexibility index (Phi) is 6.07. The number of halogens is 4. The summed E-state index contributed by atoms with van der Waals surface area (Å²) in [4.78, 5) is 19.5. The summed E-state index contributed by atoms with van der Waals surface area (Å²) < 4.78 is 39.4. The molecule has 3 rings (SSSR count). The molecule has 1 aliphatic heterocycles. The monoisotopic (exact) mass is 392 g/mol. The molecule has 7 nitrogen and oxygen atoms in total. The van der Waals surface area contributed by atoms with Crippen LogP contribution in [0.5, 0.6) is 0 Å². The van der Waals surface area contributed by atoms with Gasteiger partial charge in [-0.25, -0.2) is 9.50 Å². The van der Waals surface area contributed by atoms with Crippen LogP contribution < -0.4 is 10.6 Å². The van der Waals surface area contributed by atoms with Gasteiger partial charge in [-0.1, -0.05) is 0 Å². The number of aryl methyl sites for hydroxylation is 2. The van der Waals surface area contributed by atoms with E-state index < -0.39 is 12.0 Å². The highest BCUT2D eigenvalue weighted by Crippen LogP contribution is 2.27. The minimum absolute atomic E-state index is 0. The Balaban J connectivity index is 0.00000243. The highest BCUT2D eigenvalue weighted by molar-refractivity contribution is 5.85. The number of nitrogens with zero attached hydrogens (tertiary/aromatic N) is 4. The Hall–Kier alpha value is -1.94. The Morgan fingerprint density at radius 3 is 2.58 bits per heavy atom. The molecule has 0 spiro atoms. The molecule has 11 heteroatoms. The number of aromatic nitrogens is 4. The number of rotatable bonds is 5. The SMILES string of the molecule is Cc1nc2nc(C(F)(F)F)nn2c(C)c1CCC(=O)NCC1CNC1.Cl. The molecular weight excluding hydrogens is 373 g/mol. The second-order valence-electron chi connectivity index (χ2n) is 6.23. The molecule has 3 heterocycles. The van der Waals surface area contributed by atoms with Gasteiger partial charge in [-0.2, -0.15) is 18.2 Å². The lowest BCUT2D eigenvalue weighted by molar-refractivity contribution is -0.144. The molecule has 1 amide bonds. The van der Waals surface area contributed by atoms with E-state index in [2.05, 4.69) is 25.7 Å². The molecule has 2 aromatic heterocycles. The third-order valence-corrected chi connectivity index (χ3v) is 4.36. The first-order valence-electron chi connectivity index (χ1n) is 8.03. The fourth-order valence-electron chi connectivity index (χ4n) is 2.77. The van der Waals surface area contributed by atoms with Gasteiger partial charge in [0.05, 0.1) is 0 Å². The maximum Gasteiger partial charge on any atom is 0.453 e. The summed E-state index contributed by atoms with van der Waals surface area (Å²) in [7, 11) is 0.